The molecule has 0 atom stereocenters. The van der Waals surface area contributed by atoms with Gasteiger partial charge in [0.05, 0.1) is 4.92 Å². The zero-order valence-electron chi connectivity index (χ0n) is 8.36. The van der Waals surface area contributed by atoms with Crippen LogP contribution in [0.1, 0.15) is 19.4 Å². The molecule has 0 saturated heterocycles. The van der Waals surface area contributed by atoms with E-state index in [4.69, 9.17) is 10.7 Å². The molecule has 0 bridgehead atoms. The molecular weight excluding hydrogens is 264 g/mol. The van der Waals surface area contributed by atoms with Gasteiger partial charge in [0.25, 0.3) is 5.69 Å². The Bertz CT molecular complexity index is 393. The fourth-order valence-corrected chi connectivity index (χ4v) is 1.58. The Kier molecular flexibility index (Phi) is 3.43. The van der Waals surface area contributed by atoms with Crippen molar-refractivity contribution in [1.82, 2.24) is 0 Å². The Morgan fingerprint density at radius 2 is 2.07 bits per heavy atom. The number of nitro groups is 1. The highest BCUT2D eigenvalue weighted by molar-refractivity contribution is 9.10. The average Bonchev–Trinajstić information content (AvgIpc) is 2.16. The number of nitro benzene ring substituents is 1. The molecule has 0 unspecified atom stereocenters. The van der Waals surface area contributed by atoms with Crippen molar-refractivity contribution < 1.29 is 9.76 Å². The molecular formula is C9H11BrN2O3. The van der Waals surface area contributed by atoms with Gasteiger partial charge in [0.2, 0.25) is 0 Å². The first-order valence-electron chi connectivity index (χ1n) is 4.20. The second-order valence-corrected chi connectivity index (χ2v) is 4.50. The minimum atomic E-state index is -0.755. The van der Waals surface area contributed by atoms with Crippen molar-refractivity contribution in [2.45, 2.75) is 19.4 Å². The lowest BCUT2D eigenvalue weighted by Gasteiger charge is -2.22. The number of rotatable bonds is 3. The average molecular weight is 275 g/mol. The molecule has 1 aromatic carbocycles. The maximum absolute atomic E-state index is 10.6. The molecule has 0 saturated carbocycles. The molecule has 82 valence electrons. The first kappa shape index (κ1) is 12.1. The van der Waals surface area contributed by atoms with Gasteiger partial charge in [0.1, 0.15) is 5.60 Å². The van der Waals surface area contributed by atoms with Crippen LogP contribution >= 0.6 is 15.9 Å². The molecule has 5 nitrogen and oxygen atoms in total. The van der Waals surface area contributed by atoms with E-state index in [9.17, 15) is 10.1 Å². The van der Waals surface area contributed by atoms with E-state index in [1.54, 1.807) is 19.9 Å². The molecule has 0 aliphatic rings. The molecule has 0 amide bonds. The monoisotopic (exact) mass is 274 g/mol. The summed E-state index contributed by atoms with van der Waals surface area (Å²) in [6, 6.07) is 4.60. The highest BCUT2D eigenvalue weighted by atomic mass is 79.9. The minimum absolute atomic E-state index is 0.00417. The third-order valence-electron chi connectivity index (χ3n) is 2.08. The van der Waals surface area contributed by atoms with E-state index in [2.05, 4.69) is 15.9 Å². The summed E-state index contributed by atoms with van der Waals surface area (Å²) in [5, 5.41) is 10.6. The number of halogens is 1. The summed E-state index contributed by atoms with van der Waals surface area (Å²) >= 11 is 3.20. The highest BCUT2D eigenvalue weighted by Gasteiger charge is 2.23. The van der Waals surface area contributed by atoms with Crippen LogP contribution in [0.2, 0.25) is 0 Å². The number of nitrogens with zero attached hydrogens (tertiary/aromatic N) is 1. The molecule has 6 heteroatoms. The number of hydrogen-bond acceptors (Lipinski definition) is 4. The Balaban J connectivity index is 3.26. The summed E-state index contributed by atoms with van der Waals surface area (Å²) in [6.07, 6.45) is 0. The van der Waals surface area contributed by atoms with E-state index >= 15 is 0 Å². The SMILES string of the molecule is CC(C)(ON)c1cc(Br)cc([N+](=O)[O-])c1. The van der Waals surface area contributed by atoms with E-state index in [0.29, 0.717) is 10.0 Å². The molecule has 1 aromatic rings. The lowest BCUT2D eigenvalue weighted by Crippen LogP contribution is -2.25. The number of benzene rings is 1. The van der Waals surface area contributed by atoms with Gasteiger partial charge in [-0.05, 0) is 25.5 Å². The van der Waals surface area contributed by atoms with Crippen molar-refractivity contribution in [2.24, 2.45) is 5.90 Å². The standard InChI is InChI=1S/C9H11BrN2O3/c1-9(2,15-11)6-3-7(10)5-8(4-6)12(13)14/h3-5H,11H2,1-2H3. The van der Waals surface area contributed by atoms with Gasteiger partial charge < -0.3 is 0 Å². The van der Waals surface area contributed by atoms with Crippen LogP contribution in [0.15, 0.2) is 22.7 Å². The van der Waals surface area contributed by atoms with Crippen LogP contribution in [0.5, 0.6) is 0 Å². The molecule has 0 aliphatic heterocycles. The molecule has 0 aliphatic carbocycles. The topological polar surface area (TPSA) is 78.4 Å². The molecule has 0 spiro atoms. The van der Waals surface area contributed by atoms with Crippen molar-refractivity contribution in [1.29, 1.82) is 0 Å². The smallest absolute Gasteiger partial charge is 0.270 e. The van der Waals surface area contributed by atoms with E-state index in [-0.39, 0.29) is 5.69 Å². The van der Waals surface area contributed by atoms with E-state index in [1.165, 1.54) is 12.1 Å². The summed E-state index contributed by atoms with van der Waals surface area (Å²) in [4.78, 5) is 14.9. The van der Waals surface area contributed by atoms with Crippen LogP contribution < -0.4 is 5.90 Å². The Labute approximate surface area is 95.5 Å². The second kappa shape index (κ2) is 4.26. The Hall–Kier alpha value is -0.980. The van der Waals surface area contributed by atoms with Gasteiger partial charge in [-0.1, -0.05) is 15.9 Å². The van der Waals surface area contributed by atoms with Crippen molar-refractivity contribution in [3.05, 3.63) is 38.3 Å². The van der Waals surface area contributed by atoms with Crippen LogP contribution in [-0.2, 0) is 10.4 Å². The first-order chi connectivity index (χ1) is 6.86. The number of non-ortho nitro benzene ring substituents is 1. The first-order valence-corrected chi connectivity index (χ1v) is 4.99. The van der Waals surface area contributed by atoms with Crippen molar-refractivity contribution in [2.75, 3.05) is 0 Å². The fourth-order valence-electron chi connectivity index (χ4n) is 1.10. The quantitative estimate of drug-likeness (QED) is 0.679. The van der Waals surface area contributed by atoms with Crippen LogP contribution in [0.25, 0.3) is 0 Å². The second-order valence-electron chi connectivity index (χ2n) is 3.58. The van der Waals surface area contributed by atoms with E-state index in [1.807, 2.05) is 0 Å². The van der Waals surface area contributed by atoms with Gasteiger partial charge in [-0.3, -0.25) is 15.0 Å². The molecule has 15 heavy (non-hydrogen) atoms. The number of nitrogens with two attached hydrogens (primary N) is 1. The maximum atomic E-state index is 10.6. The summed E-state index contributed by atoms with van der Waals surface area (Å²) in [6.45, 7) is 3.47. The highest BCUT2D eigenvalue weighted by Crippen LogP contribution is 2.29. The largest absolute Gasteiger partial charge is 0.294 e. The number of hydrogen-bond donors (Lipinski definition) is 1. The lowest BCUT2D eigenvalue weighted by atomic mass is 9.98. The summed E-state index contributed by atoms with van der Waals surface area (Å²) in [5.74, 6) is 5.13. The summed E-state index contributed by atoms with van der Waals surface area (Å²) in [7, 11) is 0. The molecule has 2 N–H and O–H groups in total. The fraction of sp³-hybridized carbons (Fsp3) is 0.333. The normalized spacial score (nSPS) is 11.5. The van der Waals surface area contributed by atoms with Gasteiger partial charge in [0.15, 0.2) is 0 Å². The van der Waals surface area contributed by atoms with Crippen molar-refractivity contribution in [3.63, 3.8) is 0 Å². The molecule has 0 heterocycles. The predicted molar refractivity (Wildman–Crippen MR) is 59.1 cm³/mol. The summed E-state index contributed by atoms with van der Waals surface area (Å²) < 4.78 is 0.622. The van der Waals surface area contributed by atoms with Gasteiger partial charge in [0, 0.05) is 16.6 Å². The van der Waals surface area contributed by atoms with Crippen molar-refractivity contribution >= 4 is 21.6 Å². The zero-order chi connectivity index (χ0) is 11.6. The van der Waals surface area contributed by atoms with Gasteiger partial charge in [-0.15, -0.1) is 0 Å². The summed E-state index contributed by atoms with van der Waals surface area (Å²) in [5.41, 5.74) is -0.107. The van der Waals surface area contributed by atoms with Gasteiger partial charge in [-0.2, -0.15) is 0 Å². The predicted octanol–water partition coefficient (Wildman–Crippen LogP) is 2.48. The van der Waals surface area contributed by atoms with Gasteiger partial charge >= 0.3 is 0 Å². The molecule has 1 rings (SSSR count). The van der Waals surface area contributed by atoms with Crippen LogP contribution in [0.3, 0.4) is 0 Å². The van der Waals surface area contributed by atoms with Crippen molar-refractivity contribution in [3.8, 4) is 0 Å². The molecule has 0 aromatic heterocycles. The third kappa shape index (κ3) is 2.74. The molecule has 0 fully saturated rings. The zero-order valence-corrected chi connectivity index (χ0v) is 9.95. The molecule has 0 radical (unpaired) electrons. The van der Waals surface area contributed by atoms with Crippen LogP contribution in [0, 0.1) is 10.1 Å². The Morgan fingerprint density at radius 1 is 1.47 bits per heavy atom. The maximum Gasteiger partial charge on any atom is 0.270 e. The Morgan fingerprint density at radius 3 is 2.53 bits per heavy atom. The van der Waals surface area contributed by atoms with E-state index in [0.717, 1.165) is 0 Å². The third-order valence-corrected chi connectivity index (χ3v) is 2.54. The lowest BCUT2D eigenvalue weighted by molar-refractivity contribution is -0.385. The van der Waals surface area contributed by atoms with E-state index < -0.39 is 10.5 Å². The van der Waals surface area contributed by atoms with Gasteiger partial charge in [-0.25, -0.2) is 5.90 Å². The minimum Gasteiger partial charge on any atom is -0.294 e. The van der Waals surface area contributed by atoms with Crippen LogP contribution in [-0.4, -0.2) is 4.92 Å². The van der Waals surface area contributed by atoms with Crippen LogP contribution in [0.4, 0.5) is 5.69 Å².